The lowest BCUT2D eigenvalue weighted by atomic mass is 10.1. The molecule has 2 heterocycles. The van der Waals surface area contributed by atoms with Gasteiger partial charge in [0.05, 0.1) is 18.8 Å². The molecule has 0 bridgehead atoms. The Morgan fingerprint density at radius 1 is 1.08 bits per heavy atom. The highest BCUT2D eigenvalue weighted by molar-refractivity contribution is 5.66. The van der Waals surface area contributed by atoms with Gasteiger partial charge < -0.3 is 19.2 Å². The molecule has 0 aliphatic rings. The first-order chi connectivity index (χ1) is 12.7. The molecule has 0 radical (unpaired) electrons. The summed E-state index contributed by atoms with van der Waals surface area (Å²) < 4.78 is 16.3. The molecule has 9 nitrogen and oxygen atoms in total. The summed E-state index contributed by atoms with van der Waals surface area (Å²) in [5.41, 5.74) is 1.45. The Kier molecular flexibility index (Phi) is 5.59. The van der Waals surface area contributed by atoms with Crippen LogP contribution in [-0.2, 0) is 4.74 Å². The van der Waals surface area contributed by atoms with E-state index in [1.807, 2.05) is 19.1 Å². The Morgan fingerprint density at radius 3 is 2.54 bits per heavy atom. The second-order valence-corrected chi connectivity index (χ2v) is 5.33. The molecule has 3 rings (SSSR count). The van der Waals surface area contributed by atoms with E-state index in [1.54, 1.807) is 25.3 Å². The molecule has 3 aromatic rings. The number of ether oxygens (including phenoxy) is 3. The lowest BCUT2D eigenvalue weighted by Gasteiger charge is -2.12. The van der Waals surface area contributed by atoms with Crippen LogP contribution >= 0.6 is 0 Å². The fraction of sp³-hybridized carbons (Fsp3) is 0.294. The minimum Gasteiger partial charge on any atom is -0.494 e. The van der Waals surface area contributed by atoms with E-state index in [0.29, 0.717) is 48.4 Å². The van der Waals surface area contributed by atoms with E-state index in [1.165, 1.54) is 0 Å². The van der Waals surface area contributed by atoms with Crippen molar-refractivity contribution in [3.63, 3.8) is 0 Å². The van der Waals surface area contributed by atoms with Gasteiger partial charge in [-0.3, -0.25) is 4.79 Å². The Balaban J connectivity index is 1.94. The van der Waals surface area contributed by atoms with Crippen LogP contribution in [0, 0.1) is 0 Å². The van der Waals surface area contributed by atoms with Crippen LogP contribution < -0.4 is 15.0 Å². The fourth-order valence-electron chi connectivity index (χ4n) is 2.41. The average Bonchev–Trinajstić information content (AvgIpc) is 3.16. The van der Waals surface area contributed by atoms with Gasteiger partial charge in [-0.05, 0) is 41.6 Å². The highest BCUT2D eigenvalue weighted by Crippen LogP contribution is 2.29. The van der Waals surface area contributed by atoms with E-state index >= 15 is 0 Å². The van der Waals surface area contributed by atoms with E-state index in [9.17, 15) is 4.79 Å². The number of hydrogen-bond donors (Lipinski definition) is 2. The van der Waals surface area contributed by atoms with Crippen molar-refractivity contribution in [2.45, 2.75) is 6.92 Å². The number of hydrogen-bond acceptors (Lipinski definition) is 7. The van der Waals surface area contributed by atoms with Crippen molar-refractivity contribution in [1.29, 1.82) is 0 Å². The number of rotatable bonds is 8. The number of pyridine rings is 1. The summed E-state index contributed by atoms with van der Waals surface area (Å²) in [7, 11) is 1.61. The number of methoxy groups -OCH3 is 1. The van der Waals surface area contributed by atoms with Crippen LogP contribution in [0.4, 0.5) is 0 Å². The second-order valence-electron chi connectivity index (χ2n) is 5.33. The van der Waals surface area contributed by atoms with Gasteiger partial charge in [0.25, 0.3) is 5.56 Å². The summed E-state index contributed by atoms with van der Waals surface area (Å²) in [5, 5.41) is 13.3. The maximum Gasteiger partial charge on any atom is 0.259 e. The molecule has 2 aromatic heterocycles. The smallest absolute Gasteiger partial charge is 0.259 e. The Hall–Kier alpha value is -3.20. The van der Waals surface area contributed by atoms with E-state index in [0.717, 1.165) is 5.56 Å². The Bertz CT molecular complexity index is 908. The zero-order chi connectivity index (χ0) is 18.4. The predicted octanol–water partition coefficient (Wildman–Crippen LogP) is 1.65. The first kappa shape index (κ1) is 17.6. The van der Waals surface area contributed by atoms with Crippen molar-refractivity contribution in [3.8, 4) is 34.1 Å². The minimum atomic E-state index is -0.301. The quantitative estimate of drug-likeness (QED) is 0.589. The Morgan fingerprint density at radius 2 is 1.88 bits per heavy atom. The molecule has 136 valence electrons. The summed E-state index contributed by atoms with van der Waals surface area (Å²) >= 11 is 0. The molecule has 9 heteroatoms. The first-order valence-electron chi connectivity index (χ1n) is 8.08. The molecule has 0 aliphatic carbocycles. The third-order valence-corrected chi connectivity index (χ3v) is 3.57. The topological polar surface area (TPSA) is 115 Å². The highest BCUT2D eigenvalue weighted by atomic mass is 16.5. The van der Waals surface area contributed by atoms with Gasteiger partial charge in [0.1, 0.15) is 18.1 Å². The highest BCUT2D eigenvalue weighted by Gasteiger charge is 2.11. The zero-order valence-corrected chi connectivity index (χ0v) is 14.5. The Labute approximate surface area is 149 Å². The standard InChI is InChI=1S/C17H19N5O4/c1-3-25-12-8-11(9-13(10-12)26-7-6-24-2)15-5-4-14(17(23)18-15)16-19-21-22-20-16/h4-5,8-10H,3,6-7H2,1-2H3,(H,18,23)(H,19,20,21,22). The maximum atomic E-state index is 12.4. The molecule has 0 spiro atoms. The van der Waals surface area contributed by atoms with Crippen LogP contribution in [0.3, 0.4) is 0 Å². The molecule has 0 aliphatic heterocycles. The third-order valence-electron chi connectivity index (χ3n) is 3.57. The zero-order valence-electron chi connectivity index (χ0n) is 14.5. The van der Waals surface area contributed by atoms with Gasteiger partial charge in [0.15, 0.2) is 5.82 Å². The maximum absolute atomic E-state index is 12.4. The van der Waals surface area contributed by atoms with Crippen LogP contribution in [0.2, 0.25) is 0 Å². The lowest BCUT2D eigenvalue weighted by Crippen LogP contribution is -2.10. The van der Waals surface area contributed by atoms with Crippen molar-refractivity contribution in [3.05, 3.63) is 40.7 Å². The normalized spacial score (nSPS) is 10.7. The van der Waals surface area contributed by atoms with Crippen molar-refractivity contribution in [2.24, 2.45) is 0 Å². The van der Waals surface area contributed by atoms with Crippen LogP contribution in [0.1, 0.15) is 6.92 Å². The molecule has 0 amide bonds. The third kappa shape index (κ3) is 4.06. The predicted molar refractivity (Wildman–Crippen MR) is 94.2 cm³/mol. The van der Waals surface area contributed by atoms with Crippen LogP contribution in [0.5, 0.6) is 11.5 Å². The first-order valence-corrected chi connectivity index (χ1v) is 8.08. The van der Waals surface area contributed by atoms with Crippen LogP contribution in [0.25, 0.3) is 22.6 Å². The van der Waals surface area contributed by atoms with Crippen molar-refractivity contribution in [2.75, 3.05) is 26.9 Å². The summed E-state index contributed by atoms with van der Waals surface area (Å²) in [5.74, 6) is 1.60. The lowest BCUT2D eigenvalue weighted by molar-refractivity contribution is 0.146. The fourth-order valence-corrected chi connectivity index (χ4v) is 2.41. The summed E-state index contributed by atoms with van der Waals surface area (Å²) in [6.45, 7) is 3.32. The van der Waals surface area contributed by atoms with Gasteiger partial charge in [-0.2, -0.15) is 0 Å². The monoisotopic (exact) mass is 357 g/mol. The van der Waals surface area contributed by atoms with E-state index in [-0.39, 0.29) is 5.56 Å². The number of benzene rings is 1. The second kappa shape index (κ2) is 8.26. The SMILES string of the molecule is CCOc1cc(OCCOC)cc(-c2ccc(-c3nnn[nH]3)c(=O)[nH]2)c1. The summed E-state index contributed by atoms with van der Waals surface area (Å²) in [4.78, 5) is 15.2. The van der Waals surface area contributed by atoms with Crippen molar-refractivity contribution in [1.82, 2.24) is 25.6 Å². The molecule has 26 heavy (non-hydrogen) atoms. The molecule has 0 fully saturated rings. The van der Waals surface area contributed by atoms with Gasteiger partial charge in [0, 0.05) is 24.4 Å². The van der Waals surface area contributed by atoms with E-state index in [4.69, 9.17) is 14.2 Å². The van der Waals surface area contributed by atoms with Gasteiger partial charge in [-0.25, -0.2) is 5.10 Å². The molecular weight excluding hydrogens is 338 g/mol. The molecule has 0 saturated carbocycles. The largest absolute Gasteiger partial charge is 0.494 e. The van der Waals surface area contributed by atoms with Crippen molar-refractivity contribution >= 4 is 0 Å². The molecule has 2 N–H and O–H groups in total. The average molecular weight is 357 g/mol. The summed E-state index contributed by atoms with van der Waals surface area (Å²) in [6.07, 6.45) is 0. The van der Waals surface area contributed by atoms with Gasteiger partial charge in [-0.15, -0.1) is 5.10 Å². The molecule has 1 aromatic carbocycles. The van der Waals surface area contributed by atoms with Crippen LogP contribution in [0.15, 0.2) is 35.1 Å². The molecule has 0 atom stereocenters. The molecule has 0 saturated heterocycles. The summed E-state index contributed by atoms with van der Waals surface area (Å²) in [6, 6.07) is 8.92. The number of nitrogens with one attached hydrogen (secondary N) is 2. The number of aromatic amines is 2. The van der Waals surface area contributed by atoms with Gasteiger partial charge >= 0.3 is 0 Å². The minimum absolute atomic E-state index is 0.301. The molecular formula is C17H19N5O4. The number of aromatic nitrogens is 5. The van der Waals surface area contributed by atoms with E-state index < -0.39 is 0 Å². The number of H-pyrrole nitrogens is 2. The van der Waals surface area contributed by atoms with E-state index in [2.05, 4.69) is 25.6 Å². The van der Waals surface area contributed by atoms with Gasteiger partial charge in [0.2, 0.25) is 0 Å². The van der Waals surface area contributed by atoms with Crippen LogP contribution in [-0.4, -0.2) is 52.5 Å². The number of tetrazole rings is 1. The van der Waals surface area contributed by atoms with Crippen molar-refractivity contribution < 1.29 is 14.2 Å². The number of nitrogens with zero attached hydrogens (tertiary/aromatic N) is 3. The molecule has 0 unspecified atom stereocenters. The van der Waals surface area contributed by atoms with Gasteiger partial charge in [-0.1, -0.05) is 0 Å².